The maximum absolute atomic E-state index is 12.6. The zero-order chi connectivity index (χ0) is 13.4. The van der Waals surface area contributed by atoms with E-state index < -0.39 is 0 Å². The van der Waals surface area contributed by atoms with Gasteiger partial charge in [-0.2, -0.15) is 0 Å². The minimum absolute atomic E-state index is 0.00931. The van der Waals surface area contributed by atoms with Crippen molar-refractivity contribution in [2.45, 2.75) is 25.9 Å². The van der Waals surface area contributed by atoms with Gasteiger partial charge < -0.3 is 9.64 Å². The first-order valence-electron chi connectivity index (χ1n) is 6.73. The molecule has 19 heavy (non-hydrogen) atoms. The number of ketones is 1. The van der Waals surface area contributed by atoms with Crippen LogP contribution in [0.3, 0.4) is 0 Å². The van der Waals surface area contributed by atoms with Crippen LogP contribution in [0.2, 0.25) is 0 Å². The first-order chi connectivity index (χ1) is 9.18. The number of amides is 1. The second kappa shape index (κ2) is 4.78. The third-order valence-electron chi connectivity index (χ3n) is 3.95. The van der Waals surface area contributed by atoms with E-state index in [1.165, 1.54) is 0 Å². The summed E-state index contributed by atoms with van der Waals surface area (Å²) in [4.78, 5) is 26.2. The molecule has 0 aliphatic carbocycles. The van der Waals surface area contributed by atoms with Crippen molar-refractivity contribution in [2.75, 3.05) is 18.1 Å². The van der Waals surface area contributed by atoms with E-state index in [-0.39, 0.29) is 23.7 Å². The number of carbonyl (C=O) groups excluding carboxylic acids is 2. The lowest BCUT2D eigenvalue weighted by molar-refractivity contribution is -0.128. The summed E-state index contributed by atoms with van der Waals surface area (Å²) >= 11 is 0. The van der Waals surface area contributed by atoms with E-state index in [1.54, 1.807) is 11.0 Å². The van der Waals surface area contributed by atoms with Crippen LogP contribution in [0.4, 0.5) is 5.69 Å². The topological polar surface area (TPSA) is 46.6 Å². The van der Waals surface area contributed by atoms with Crippen LogP contribution in [0.5, 0.6) is 0 Å². The average molecular weight is 259 g/mol. The van der Waals surface area contributed by atoms with Crippen molar-refractivity contribution in [1.82, 2.24) is 0 Å². The van der Waals surface area contributed by atoms with Gasteiger partial charge in [0.15, 0.2) is 5.78 Å². The predicted octanol–water partition coefficient (Wildman–Crippen LogP) is 2.03. The number of anilines is 1. The molecule has 0 radical (unpaired) electrons. The molecule has 2 unspecified atom stereocenters. The summed E-state index contributed by atoms with van der Waals surface area (Å²) in [6, 6.07) is 7.32. The Balaban J connectivity index is 1.92. The van der Waals surface area contributed by atoms with Crippen LogP contribution in [-0.4, -0.2) is 30.9 Å². The van der Waals surface area contributed by atoms with E-state index in [0.29, 0.717) is 25.1 Å². The summed E-state index contributed by atoms with van der Waals surface area (Å²) in [7, 11) is 0. The number of Topliss-reactive ketones (excluding diaryl/α,β-unsaturated/α-hetero) is 1. The number of hydrogen-bond acceptors (Lipinski definition) is 3. The van der Waals surface area contributed by atoms with Gasteiger partial charge in [0.25, 0.3) is 5.91 Å². The minimum atomic E-state index is -0.360. The highest BCUT2D eigenvalue weighted by Crippen LogP contribution is 2.30. The quantitative estimate of drug-likeness (QED) is 0.775. The van der Waals surface area contributed by atoms with Crippen molar-refractivity contribution in [3.05, 3.63) is 29.8 Å². The first kappa shape index (κ1) is 12.4. The van der Waals surface area contributed by atoms with Crippen LogP contribution in [0.1, 0.15) is 30.1 Å². The molecule has 0 aromatic heterocycles. The Kier molecular flexibility index (Phi) is 3.11. The highest BCUT2D eigenvalue weighted by Gasteiger charge is 2.37. The number of para-hydroxylation sites is 1. The molecule has 1 aromatic rings. The molecule has 100 valence electrons. The van der Waals surface area contributed by atoms with Gasteiger partial charge in [0.05, 0.1) is 5.69 Å². The predicted molar refractivity (Wildman–Crippen MR) is 71.3 cm³/mol. The molecular weight excluding hydrogens is 242 g/mol. The third kappa shape index (κ3) is 2.06. The summed E-state index contributed by atoms with van der Waals surface area (Å²) in [6.45, 7) is 3.14. The molecule has 0 N–H and O–H groups in total. The van der Waals surface area contributed by atoms with Gasteiger partial charge in [-0.3, -0.25) is 9.59 Å². The molecule has 1 saturated heterocycles. The molecule has 4 nitrogen and oxygen atoms in total. The molecule has 1 fully saturated rings. The number of benzene rings is 1. The van der Waals surface area contributed by atoms with E-state index in [0.717, 1.165) is 12.1 Å². The molecule has 1 amide bonds. The Hall–Kier alpha value is -1.68. The fourth-order valence-corrected chi connectivity index (χ4v) is 2.81. The third-order valence-corrected chi connectivity index (χ3v) is 3.95. The van der Waals surface area contributed by atoms with E-state index in [9.17, 15) is 9.59 Å². The Morgan fingerprint density at radius 2 is 2.16 bits per heavy atom. The van der Waals surface area contributed by atoms with Crippen LogP contribution in [0, 0.1) is 5.92 Å². The lowest BCUT2D eigenvalue weighted by Gasteiger charge is -2.31. The van der Waals surface area contributed by atoms with E-state index in [4.69, 9.17) is 4.74 Å². The summed E-state index contributed by atoms with van der Waals surface area (Å²) in [5.74, 6) is 0.349. The van der Waals surface area contributed by atoms with Gasteiger partial charge in [0, 0.05) is 25.1 Å². The molecule has 2 atom stereocenters. The van der Waals surface area contributed by atoms with Crippen LogP contribution in [0.25, 0.3) is 0 Å². The van der Waals surface area contributed by atoms with Crippen molar-refractivity contribution >= 4 is 17.4 Å². The number of fused-ring (bicyclic) bond motifs is 1. The molecule has 1 aromatic carbocycles. The maximum Gasteiger partial charge on any atom is 0.256 e. The zero-order valence-electron chi connectivity index (χ0n) is 11.0. The van der Waals surface area contributed by atoms with Gasteiger partial charge in [-0.15, -0.1) is 0 Å². The van der Waals surface area contributed by atoms with Crippen LogP contribution >= 0.6 is 0 Å². The Labute approximate surface area is 112 Å². The molecule has 2 aliphatic rings. The second-order valence-corrected chi connectivity index (χ2v) is 5.24. The standard InChI is InChI=1S/C15H17NO3/c1-10-7-9-19-14(10)15(18)16-8-6-13(17)11-4-2-3-5-12(11)16/h2-5,10,14H,6-9H2,1H3. The molecule has 2 heterocycles. The summed E-state index contributed by atoms with van der Waals surface area (Å²) in [5.41, 5.74) is 1.37. The van der Waals surface area contributed by atoms with Crippen molar-refractivity contribution in [3.8, 4) is 0 Å². The number of hydrogen-bond donors (Lipinski definition) is 0. The van der Waals surface area contributed by atoms with E-state index in [2.05, 4.69) is 0 Å². The van der Waals surface area contributed by atoms with Gasteiger partial charge in [-0.25, -0.2) is 0 Å². The average Bonchev–Trinajstić information content (AvgIpc) is 2.85. The molecule has 0 bridgehead atoms. The SMILES string of the molecule is CC1CCOC1C(=O)N1CCC(=O)c2ccccc21. The normalized spacial score (nSPS) is 26.4. The lowest BCUT2D eigenvalue weighted by Crippen LogP contribution is -2.44. The molecule has 0 saturated carbocycles. The number of nitrogens with zero attached hydrogens (tertiary/aromatic N) is 1. The van der Waals surface area contributed by atoms with E-state index in [1.807, 2.05) is 25.1 Å². The number of rotatable bonds is 1. The molecule has 4 heteroatoms. The summed E-state index contributed by atoms with van der Waals surface area (Å²) in [5, 5.41) is 0. The van der Waals surface area contributed by atoms with Gasteiger partial charge in [-0.05, 0) is 24.5 Å². The lowest BCUT2D eigenvalue weighted by atomic mass is 9.97. The van der Waals surface area contributed by atoms with Crippen molar-refractivity contribution < 1.29 is 14.3 Å². The highest BCUT2D eigenvalue weighted by molar-refractivity contribution is 6.09. The minimum Gasteiger partial charge on any atom is -0.368 e. The fourth-order valence-electron chi connectivity index (χ4n) is 2.81. The van der Waals surface area contributed by atoms with Crippen molar-refractivity contribution in [3.63, 3.8) is 0 Å². The van der Waals surface area contributed by atoms with Gasteiger partial charge in [0.2, 0.25) is 0 Å². The Bertz CT molecular complexity index is 526. The van der Waals surface area contributed by atoms with Gasteiger partial charge in [-0.1, -0.05) is 19.1 Å². The van der Waals surface area contributed by atoms with Gasteiger partial charge >= 0.3 is 0 Å². The first-order valence-corrected chi connectivity index (χ1v) is 6.73. The number of carbonyl (C=O) groups is 2. The van der Waals surface area contributed by atoms with Crippen molar-refractivity contribution in [2.24, 2.45) is 5.92 Å². The smallest absolute Gasteiger partial charge is 0.256 e. The monoisotopic (exact) mass is 259 g/mol. The molecular formula is C15H17NO3. The van der Waals surface area contributed by atoms with Crippen molar-refractivity contribution in [1.29, 1.82) is 0 Å². The van der Waals surface area contributed by atoms with Crippen LogP contribution in [-0.2, 0) is 9.53 Å². The van der Waals surface area contributed by atoms with Gasteiger partial charge in [0.1, 0.15) is 6.10 Å². The van der Waals surface area contributed by atoms with Crippen LogP contribution < -0.4 is 4.90 Å². The molecule has 3 rings (SSSR count). The second-order valence-electron chi connectivity index (χ2n) is 5.24. The fraction of sp³-hybridized carbons (Fsp3) is 0.467. The summed E-state index contributed by atoms with van der Waals surface area (Å²) in [6.07, 6.45) is 0.954. The molecule has 0 spiro atoms. The molecule has 2 aliphatic heterocycles. The zero-order valence-corrected chi connectivity index (χ0v) is 11.0. The Morgan fingerprint density at radius 1 is 1.37 bits per heavy atom. The summed E-state index contributed by atoms with van der Waals surface area (Å²) < 4.78 is 5.55. The largest absolute Gasteiger partial charge is 0.368 e. The Morgan fingerprint density at radius 3 is 2.89 bits per heavy atom. The highest BCUT2D eigenvalue weighted by atomic mass is 16.5. The maximum atomic E-state index is 12.6. The van der Waals surface area contributed by atoms with E-state index >= 15 is 0 Å². The van der Waals surface area contributed by atoms with Crippen LogP contribution in [0.15, 0.2) is 24.3 Å². The number of ether oxygens (including phenoxy) is 1.